The summed E-state index contributed by atoms with van der Waals surface area (Å²) in [7, 11) is 1.42. The molecule has 3 rings (SSSR count). The maximum absolute atomic E-state index is 11.7. The van der Waals surface area contributed by atoms with Crippen molar-refractivity contribution < 1.29 is 9.53 Å². The third-order valence-corrected chi connectivity index (χ3v) is 6.73. The van der Waals surface area contributed by atoms with E-state index in [1.807, 2.05) is 11.4 Å². The van der Waals surface area contributed by atoms with Crippen molar-refractivity contribution in [2.24, 2.45) is 0 Å². The van der Waals surface area contributed by atoms with Gasteiger partial charge >= 0.3 is 5.97 Å². The minimum absolute atomic E-state index is 0.212. The van der Waals surface area contributed by atoms with Gasteiger partial charge in [-0.05, 0) is 58.9 Å². The largest absolute Gasteiger partial charge is 0.465 e. The van der Waals surface area contributed by atoms with E-state index in [4.69, 9.17) is 4.74 Å². The monoisotopic (exact) mass is 368 g/mol. The molecule has 0 unspecified atom stereocenters. The van der Waals surface area contributed by atoms with Crippen molar-refractivity contribution in [2.75, 3.05) is 7.11 Å². The first-order chi connectivity index (χ1) is 12.1. The van der Waals surface area contributed by atoms with Crippen LogP contribution in [0.4, 0.5) is 0 Å². The molecule has 0 N–H and O–H groups in total. The van der Waals surface area contributed by atoms with Gasteiger partial charge in [0.25, 0.3) is 0 Å². The third-order valence-electron chi connectivity index (χ3n) is 5.67. The Balaban J connectivity index is 1.97. The smallest absolute Gasteiger partial charge is 0.338 e. The molecule has 26 heavy (non-hydrogen) atoms. The quantitative estimate of drug-likeness (QED) is 0.582. The lowest BCUT2D eigenvalue weighted by Gasteiger charge is -2.42. The fraction of sp³-hybridized carbons (Fsp3) is 0.435. The van der Waals surface area contributed by atoms with Crippen LogP contribution in [0.15, 0.2) is 29.6 Å². The standard InChI is InChI=1S/C23H28O2S/c1-15(20-13-17(14-26-20)21(24)25-6)11-16-7-8-18-19(12-16)23(4,5)10-9-22(18,2)3/h7-8,11-14H,9-10H2,1-6H3. The average molecular weight is 369 g/mol. The topological polar surface area (TPSA) is 26.3 Å². The van der Waals surface area contributed by atoms with E-state index in [1.165, 1.54) is 36.6 Å². The highest BCUT2D eigenvalue weighted by molar-refractivity contribution is 7.11. The molecule has 1 aromatic heterocycles. The van der Waals surface area contributed by atoms with Gasteiger partial charge in [-0.3, -0.25) is 0 Å². The molecular weight excluding hydrogens is 340 g/mol. The molecule has 2 aromatic rings. The van der Waals surface area contributed by atoms with Crippen LogP contribution in [0.25, 0.3) is 11.6 Å². The fourth-order valence-electron chi connectivity index (χ4n) is 3.79. The zero-order valence-corrected chi connectivity index (χ0v) is 17.4. The summed E-state index contributed by atoms with van der Waals surface area (Å²) >= 11 is 1.58. The molecule has 0 saturated carbocycles. The first kappa shape index (κ1) is 18.9. The molecule has 0 atom stereocenters. The normalized spacial score (nSPS) is 18.3. The number of hydrogen-bond acceptors (Lipinski definition) is 3. The number of thiophene rings is 1. The van der Waals surface area contributed by atoms with Crippen molar-refractivity contribution in [2.45, 2.75) is 58.3 Å². The Morgan fingerprint density at radius 1 is 1.08 bits per heavy atom. The molecule has 138 valence electrons. The van der Waals surface area contributed by atoms with Crippen LogP contribution in [0.5, 0.6) is 0 Å². The van der Waals surface area contributed by atoms with E-state index in [-0.39, 0.29) is 16.8 Å². The Morgan fingerprint density at radius 3 is 2.38 bits per heavy atom. The zero-order chi connectivity index (χ0) is 19.1. The first-order valence-electron chi connectivity index (χ1n) is 9.14. The van der Waals surface area contributed by atoms with Crippen LogP contribution in [-0.2, 0) is 15.6 Å². The molecule has 0 amide bonds. The Morgan fingerprint density at radius 2 is 1.73 bits per heavy atom. The van der Waals surface area contributed by atoms with Crippen molar-refractivity contribution in [1.29, 1.82) is 0 Å². The highest BCUT2D eigenvalue weighted by atomic mass is 32.1. The lowest BCUT2D eigenvalue weighted by atomic mass is 9.63. The van der Waals surface area contributed by atoms with Gasteiger partial charge in [-0.25, -0.2) is 4.79 Å². The summed E-state index contributed by atoms with van der Waals surface area (Å²) in [5.74, 6) is -0.280. The lowest BCUT2D eigenvalue weighted by Crippen LogP contribution is -2.33. The summed E-state index contributed by atoms with van der Waals surface area (Å²) in [6.45, 7) is 11.5. The van der Waals surface area contributed by atoms with Gasteiger partial charge < -0.3 is 4.74 Å². The SMILES string of the molecule is COC(=O)c1csc(C(C)=Cc2ccc3c(c2)C(C)(C)CCC3(C)C)c1. The number of esters is 1. The van der Waals surface area contributed by atoms with Crippen molar-refractivity contribution in [3.8, 4) is 0 Å². The molecule has 0 spiro atoms. The van der Waals surface area contributed by atoms with Crippen molar-refractivity contribution in [3.63, 3.8) is 0 Å². The number of carbonyl (C=O) groups is 1. The van der Waals surface area contributed by atoms with E-state index in [1.54, 1.807) is 11.3 Å². The summed E-state index contributed by atoms with van der Waals surface area (Å²) in [6, 6.07) is 8.80. The summed E-state index contributed by atoms with van der Waals surface area (Å²) < 4.78 is 4.80. The fourth-order valence-corrected chi connectivity index (χ4v) is 4.64. The molecule has 1 aromatic carbocycles. The Hall–Kier alpha value is -1.87. The number of ether oxygens (including phenoxy) is 1. The second kappa shape index (κ2) is 6.70. The highest BCUT2D eigenvalue weighted by Crippen LogP contribution is 2.46. The molecule has 1 aliphatic carbocycles. The maximum Gasteiger partial charge on any atom is 0.338 e. The zero-order valence-electron chi connectivity index (χ0n) is 16.6. The van der Waals surface area contributed by atoms with Crippen molar-refractivity contribution in [1.82, 2.24) is 0 Å². The number of carbonyl (C=O) groups excluding carboxylic acids is 1. The average Bonchev–Trinajstić information content (AvgIpc) is 3.08. The van der Waals surface area contributed by atoms with Gasteiger partial charge in [0.1, 0.15) is 0 Å². The number of methoxy groups -OCH3 is 1. The predicted octanol–water partition coefficient (Wildman–Crippen LogP) is 6.44. The summed E-state index contributed by atoms with van der Waals surface area (Å²) in [5.41, 5.74) is 6.41. The van der Waals surface area contributed by atoms with Crippen molar-refractivity contribution >= 4 is 29.0 Å². The number of hydrogen-bond donors (Lipinski definition) is 0. The molecule has 3 heteroatoms. The Kier molecular flexibility index (Phi) is 4.87. The maximum atomic E-state index is 11.7. The second-order valence-electron chi connectivity index (χ2n) is 8.59. The number of rotatable bonds is 3. The van der Waals surface area contributed by atoms with E-state index in [9.17, 15) is 4.79 Å². The minimum atomic E-state index is -0.280. The van der Waals surface area contributed by atoms with Crippen LogP contribution >= 0.6 is 11.3 Å². The van der Waals surface area contributed by atoms with Crippen molar-refractivity contribution in [3.05, 3.63) is 56.8 Å². The minimum Gasteiger partial charge on any atom is -0.465 e. The summed E-state index contributed by atoms with van der Waals surface area (Å²) in [6.07, 6.45) is 4.66. The van der Waals surface area contributed by atoms with Gasteiger partial charge in [0.2, 0.25) is 0 Å². The predicted molar refractivity (Wildman–Crippen MR) is 111 cm³/mol. The van der Waals surface area contributed by atoms with Crippen LogP contribution in [0.3, 0.4) is 0 Å². The molecule has 0 radical (unpaired) electrons. The van der Waals surface area contributed by atoms with Gasteiger partial charge in [0.15, 0.2) is 0 Å². The summed E-state index contributed by atoms with van der Waals surface area (Å²) in [5, 5.41) is 1.86. The number of benzene rings is 1. The molecular formula is C23H28O2S. The molecule has 0 fully saturated rings. The van der Waals surface area contributed by atoms with Gasteiger partial charge in [-0.15, -0.1) is 11.3 Å². The van der Waals surface area contributed by atoms with E-state index in [2.05, 4.69) is 58.9 Å². The second-order valence-corrected chi connectivity index (χ2v) is 9.50. The first-order valence-corrected chi connectivity index (χ1v) is 10.0. The highest BCUT2D eigenvalue weighted by Gasteiger charge is 2.36. The van der Waals surface area contributed by atoms with Crippen LogP contribution in [0, 0.1) is 0 Å². The van der Waals surface area contributed by atoms with Gasteiger partial charge in [-0.1, -0.05) is 52.0 Å². The Bertz CT molecular complexity index is 868. The van der Waals surface area contributed by atoms with E-state index < -0.39 is 0 Å². The van der Waals surface area contributed by atoms with Crippen LogP contribution in [0.1, 0.15) is 79.4 Å². The molecule has 1 heterocycles. The molecule has 1 aliphatic rings. The van der Waals surface area contributed by atoms with E-state index in [0.29, 0.717) is 5.56 Å². The van der Waals surface area contributed by atoms with Crippen LogP contribution in [0.2, 0.25) is 0 Å². The van der Waals surface area contributed by atoms with Crippen LogP contribution < -0.4 is 0 Å². The van der Waals surface area contributed by atoms with Crippen LogP contribution in [-0.4, -0.2) is 13.1 Å². The molecule has 2 nitrogen and oxygen atoms in total. The summed E-state index contributed by atoms with van der Waals surface area (Å²) in [4.78, 5) is 12.8. The molecule has 0 bridgehead atoms. The number of fused-ring (bicyclic) bond motifs is 1. The third kappa shape index (κ3) is 3.50. The van der Waals surface area contributed by atoms with E-state index in [0.717, 1.165) is 10.5 Å². The molecule has 0 aliphatic heterocycles. The van der Waals surface area contributed by atoms with Gasteiger partial charge in [0, 0.05) is 10.3 Å². The Labute approximate surface area is 160 Å². The van der Waals surface area contributed by atoms with E-state index >= 15 is 0 Å². The number of allylic oxidation sites excluding steroid dienone is 1. The molecule has 0 saturated heterocycles. The van der Waals surface area contributed by atoms with Gasteiger partial charge in [0.05, 0.1) is 12.7 Å². The van der Waals surface area contributed by atoms with Gasteiger partial charge in [-0.2, -0.15) is 0 Å². The lowest BCUT2D eigenvalue weighted by molar-refractivity contribution is 0.0601.